The van der Waals surface area contributed by atoms with E-state index in [0.717, 1.165) is 23.5 Å². The van der Waals surface area contributed by atoms with Gasteiger partial charge in [0.25, 0.3) is 5.91 Å². The summed E-state index contributed by atoms with van der Waals surface area (Å²) in [5.41, 5.74) is 4.38. The molecule has 0 saturated carbocycles. The molecule has 0 fully saturated rings. The zero-order chi connectivity index (χ0) is 19.2. The van der Waals surface area contributed by atoms with E-state index in [-0.39, 0.29) is 5.91 Å². The number of benzene rings is 2. The third-order valence-electron chi connectivity index (χ3n) is 4.17. The van der Waals surface area contributed by atoms with Gasteiger partial charge in [-0.3, -0.25) is 4.79 Å². The predicted octanol–water partition coefficient (Wildman–Crippen LogP) is 4.10. The van der Waals surface area contributed by atoms with Crippen molar-refractivity contribution in [3.8, 4) is 0 Å². The maximum absolute atomic E-state index is 12.3. The Bertz CT molecular complexity index is 887. The molecule has 0 unspecified atom stereocenters. The average molecular weight is 361 g/mol. The molecule has 3 aromatic rings. The molecule has 3 rings (SSSR count). The molecule has 0 bridgehead atoms. The van der Waals surface area contributed by atoms with Crippen LogP contribution in [0.15, 0.2) is 60.9 Å². The molecule has 0 saturated heterocycles. The van der Waals surface area contributed by atoms with Gasteiger partial charge in [-0.05, 0) is 48.4 Å². The third kappa shape index (κ3) is 4.82. The molecule has 6 heteroatoms. The number of aryl methyl sites for hydroxylation is 1. The Hall–Kier alpha value is -3.41. The number of amides is 1. The minimum absolute atomic E-state index is 0.235. The summed E-state index contributed by atoms with van der Waals surface area (Å²) in [5, 5.41) is 5.98. The van der Waals surface area contributed by atoms with Crippen LogP contribution in [0.1, 0.15) is 22.8 Å². The second kappa shape index (κ2) is 8.31. The summed E-state index contributed by atoms with van der Waals surface area (Å²) in [5.74, 6) is 0.206. The van der Waals surface area contributed by atoms with E-state index in [4.69, 9.17) is 0 Å². The van der Waals surface area contributed by atoms with E-state index in [1.807, 2.05) is 67.5 Å². The summed E-state index contributed by atoms with van der Waals surface area (Å²) in [6.07, 6.45) is 3.99. The summed E-state index contributed by atoms with van der Waals surface area (Å²) in [7, 11) is 3.99. The number of nitrogens with one attached hydrogen (secondary N) is 2. The first-order valence-electron chi connectivity index (χ1n) is 8.82. The molecular formula is C21H23N5O. The van der Waals surface area contributed by atoms with E-state index in [1.165, 1.54) is 18.0 Å². The van der Waals surface area contributed by atoms with Crippen LogP contribution < -0.4 is 15.5 Å². The van der Waals surface area contributed by atoms with Gasteiger partial charge in [0.1, 0.15) is 0 Å². The van der Waals surface area contributed by atoms with Gasteiger partial charge in [0, 0.05) is 43.6 Å². The van der Waals surface area contributed by atoms with Crippen molar-refractivity contribution in [2.45, 2.75) is 13.3 Å². The number of carbonyl (C=O) groups excluding carboxylic acids is 1. The topological polar surface area (TPSA) is 70.2 Å². The van der Waals surface area contributed by atoms with Crippen molar-refractivity contribution in [1.82, 2.24) is 9.97 Å². The molecule has 0 spiro atoms. The highest BCUT2D eigenvalue weighted by atomic mass is 16.1. The molecule has 138 valence electrons. The largest absolute Gasteiger partial charge is 0.378 e. The van der Waals surface area contributed by atoms with Crippen molar-refractivity contribution in [2.24, 2.45) is 0 Å². The van der Waals surface area contributed by atoms with Crippen molar-refractivity contribution < 1.29 is 4.79 Å². The van der Waals surface area contributed by atoms with Crippen LogP contribution in [0.5, 0.6) is 0 Å². The van der Waals surface area contributed by atoms with Gasteiger partial charge in [0.05, 0.1) is 5.56 Å². The maximum Gasteiger partial charge on any atom is 0.258 e. The van der Waals surface area contributed by atoms with Gasteiger partial charge >= 0.3 is 0 Å². The van der Waals surface area contributed by atoms with E-state index in [0.29, 0.717) is 11.5 Å². The molecule has 1 amide bonds. The summed E-state index contributed by atoms with van der Waals surface area (Å²) >= 11 is 0. The van der Waals surface area contributed by atoms with Gasteiger partial charge in [-0.25, -0.2) is 9.97 Å². The van der Waals surface area contributed by atoms with E-state index in [1.54, 1.807) is 0 Å². The summed E-state index contributed by atoms with van der Waals surface area (Å²) in [6.45, 7) is 2.09. The lowest BCUT2D eigenvalue weighted by Crippen LogP contribution is -2.13. The Morgan fingerprint density at radius 1 is 0.926 bits per heavy atom. The second-order valence-corrected chi connectivity index (χ2v) is 6.37. The molecule has 0 aliphatic carbocycles. The zero-order valence-electron chi connectivity index (χ0n) is 15.7. The number of rotatable bonds is 6. The first kappa shape index (κ1) is 18.4. The minimum atomic E-state index is -0.235. The molecule has 1 heterocycles. The minimum Gasteiger partial charge on any atom is -0.378 e. The monoisotopic (exact) mass is 361 g/mol. The van der Waals surface area contributed by atoms with Gasteiger partial charge in [0.2, 0.25) is 5.95 Å². The Labute approximate surface area is 159 Å². The van der Waals surface area contributed by atoms with Crippen LogP contribution in [-0.4, -0.2) is 30.0 Å². The molecule has 0 aliphatic rings. The van der Waals surface area contributed by atoms with E-state index in [2.05, 4.69) is 27.5 Å². The Morgan fingerprint density at radius 3 is 2.07 bits per heavy atom. The maximum atomic E-state index is 12.3. The van der Waals surface area contributed by atoms with Crippen LogP contribution in [0.3, 0.4) is 0 Å². The summed E-state index contributed by atoms with van der Waals surface area (Å²) in [6, 6.07) is 15.7. The van der Waals surface area contributed by atoms with Crippen molar-refractivity contribution in [2.75, 3.05) is 29.6 Å². The molecule has 27 heavy (non-hydrogen) atoms. The zero-order valence-corrected chi connectivity index (χ0v) is 15.7. The van der Waals surface area contributed by atoms with E-state index in [9.17, 15) is 4.79 Å². The fraction of sp³-hybridized carbons (Fsp3) is 0.190. The van der Waals surface area contributed by atoms with Crippen LogP contribution >= 0.6 is 0 Å². The molecule has 0 aliphatic heterocycles. The number of nitrogens with zero attached hydrogens (tertiary/aromatic N) is 3. The predicted molar refractivity (Wildman–Crippen MR) is 110 cm³/mol. The van der Waals surface area contributed by atoms with Crippen LogP contribution in [0.2, 0.25) is 0 Å². The van der Waals surface area contributed by atoms with Crippen LogP contribution in [-0.2, 0) is 6.42 Å². The average Bonchev–Trinajstić information content (AvgIpc) is 2.69. The van der Waals surface area contributed by atoms with Crippen molar-refractivity contribution in [3.63, 3.8) is 0 Å². The first-order valence-corrected chi connectivity index (χ1v) is 8.82. The molecule has 6 nitrogen and oxygen atoms in total. The fourth-order valence-electron chi connectivity index (χ4n) is 2.51. The summed E-state index contributed by atoms with van der Waals surface area (Å²) < 4.78 is 0. The van der Waals surface area contributed by atoms with Crippen LogP contribution in [0.4, 0.5) is 23.0 Å². The molecule has 2 aromatic carbocycles. The lowest BCUT2D eigenvalue weighted by Gasteiger charge is -2.13. The van der Waals surface area contributed by atoms with E-state index < -0.39 is 0 Å². The Morgan fingerprint density at radius 2 is 1.52 bits per heavy atom. The standard InChI is InChI=1S/C21H23N5O/c1-4-15-5-7-17(8-6-15)24-20(27)16-13-22-21(23-14-16)25-18-9-11-19(12-10-18)26(2)3/h5-14H,4H2,1-3H3,(H,24,27)(H,22,23,25). The fourth-order valence-corrected chi connectivity index (χ4v) is 2.51. The van der Waals surface area contributed by atoms with Gasteiger partial charge in [-0.2, -0.15) is 0 Å². The third-order valence-corrected chi connectivity index (χ3v) is 4.17. The highest BCUT2D eigenvalue weighted by molar-refractivity contribution is 6.03. The molecule has 2 N–H and O–H groups in total. The number of carbonyl (C=O) groups is 1. The first-order chi connectivity index (χ1) is 13.0. The highest BCUT2D eigenvalue weighted by Crippen LogP contribution is 2.18. The smallest absolute Gasteiger partial charge is 0.258 e. The van der Waals surface area contributed by atoms with Crippen molar-refractivity contribution in [1.29, 1.82) is 0 Å². The van der Waals surface area contributed by atoms with Crippen molar-refractivity contribution >= 4 is 28.9 Å². The quantitative estimate of drug-likeness (QED) is 0.692. The van der Waals surface area contributed by atoms with Crippen molar-refractivity contribution in [3.05, 3.63) is 72.1 Å². The lowest BCUT2D eigenvalue weighted by atomic mass is 10.1. The van der Waals surface area contributed by atoms with Crippen LogP contribution in [0.25, 0.3) is 0 Å². The number of anilines is 4. The number of hydrogen-bond acceptors (Lipinski definition) is 5. The van der Waals surface area contributed by atoms with Gasteiger partial charge < -0.3 is 15.5 Å². The molecule has 0 radical (unpaired) electrons. The summed E-state index contributed by atoms with van der Waals surface area (Å²) in [4.78, 5) is 22.8. The molecule has 0 atom stereocenters. The SMILES string of the molecule is CCc1ccc(NC(=O)c2cnc(Nc3ccc(N(C)C)cc3)nc2)cc1. The van der Waals surface area contributed by atoms with Gasteiger partial charge in [-0.1, -0.05) is 19.1 Å². The van der Waals surface area contributed by atoms with Gasteiger partial charge in [0.15, 0.2) is 0 Å². The molecule has 1 aromatic heterocycles. The Kier molecular flexibility index (Phi) is 5.66. The lowest BCUT2D eigenvalue weighted by molar-refractivity contribution is 0.102. The van der Waals surface area contributed by atoms with E-state index >= 15 is 0 Å². The Balaban J connectivity index is 1.62. The molecular weight excluding hydrogens is 338 g/mol. The number of aromatic nitrogens is 2. The number of hydrogen-bond donors (Lipinski definition) is 2. The van der Waals surface area contributed by atoms with Crippen LogP contribution in [0, 0.1) is 0 Å². The van der Waals surface area contributed by atoms with Gasteiger partial charge in [-0.15, -0.1) is 0 Å². The second-order valence-electron chi connectivity index (χ2n) is 6.37. The normalized spacial score (nSPS) is 10.3. The highest BCUT2D eigenvalue weighted by Gasteiger charge is 2.08.